The zero-order valence-electron chi connectivity index (χ0n) is 11.6. The van der Waals surface area contributed by atoms with Crippen molar-refractivity contribution in [3.8, 4) is 0 Å². The molecule has 0 radical (unpaired) electrons. The highest BCUT2D eigenvalue weighted by molar-refractivity contribution is 5.36. The fourth-order valence-electron chi connectivity index (χ4n) is 2.37. The quantitative estimate of drug-likeness (QED) is 0.784. The van der Waals surface area contributed by atoms with Crippen molar-refractivity contribution >= 4 is 5.82 Å². The van der Waals surface area contributed by atoms with Gasteiger partial charge in [0.1, 0.15) is 0 Å². The maximum absolute atomic E-state index is 12.1. The maximum Gasteiger partial charge on any atom is 0.293 e. The van der Waals surface area contributed by atoms with Crippen LogP contribution in [0.1, 0.15) is 12.8 Å². The minimum Gasteiger partial charge on any atom is -0.383 e. The van der Waals surface area contributed by atoms with Crippen molar-refractivity contribution in [2.24, 2.45) is 7.05 Å². The number of ether oxygens (including phenoxy) is 1. The molecule has 1 aromatic rings. The summed E-state index contributed by atoms with van der Waals surface area (Å²) in [5.41, 5.74) is -0.0587. The number of nitrogens with zero attached hydrogens (tertiary/aromatic N) is 3. The summed E-state index contributed by atoms with van der Waals surface area (Å²) in [4.78, 5) is 18.4. The summed E-state index contributed by atoms with van der Waals surface area (Å²) < 4.78 is 6.69. The summed E-state index contributed by atoms with van der Waals surface area (Å²) in [5, 5.41) is 3.45. The summed E-state index contributed by atoms with van der Waals surface area (Å²) in [7, 11) is 3.42. The van der Waals surface area contributed by atoms with E-state index in [-0.39, 0.29) is 5.56 Å². The van der Waals surface area contributed by atoms with Gasteiger partial charge in [0.05, 0.1) is 6.61 Å². The van der Waals surface area contributed by atoms with E-state index in [1.54, 1.807) is 31.1 Å². The van der Waals surface area contributed by atoms with E-state index in [9.17, 15) is 4.79 Å². The highest BCUT2D eigenvalue weighted by Gasteiger charge is 2.20. The van der Waals surface area contributed by atoms with Crippen LogP contribution in [0.3, 0.4) is 0 Å². The largest absolute Gasteiger partial charge is 0.383 e. The molecule has 1 aromatic heterocycles. The number of aromatic nitrogens is 2. The van der Waals surface area contributed by atoms with Gasteiger partial charge in [0.25, 0.3) is 5.56 Å². The molecule has 1 aliphatic heterocycles. The van der Waals surface area contributed by atoms with Crippen molar-refractivity contribution in [3.63, 3.8) is 0 Å². The Balaban J connectivity index is 2.15. The maximum atomic E-state index is 12.1. The lowest BCUT2D eigenvalue weighted by Crippen LogP contribution is -2.42. The number of hydrogen-bond acceptors (Lipinski definition) is 5. The molecule has 6 nitrogen and oxygen atoms in total. The van der Waals surface area contributed by atoms with Crippen molar-refractivity contribution in [2.45, 2.75) is 18.9 Å². The van der Waals surface area contributed by atoms with Gasteiger partial charge in [-0.15, -0.1) is 0 Å². The van der Waals surface area contributed by atoms with Crippen LogP contribution in [0.5, 0.6) is 0 Å². The average Bonchev–Trinajstić information content (AvgIpc) is 2.91. The molecule has 0 saturated carbocycles. The Morgan fingerprint density at radius 1 is 1.63 bits per heavy atom. The molecule has 0 aromatic carbocycles. The second-order valence-electron chi connectivity index (χ2n) is 4.90. The average molecular weight is 266 g/mol. The first-order chi connectivity index (χ1) is 9.22. The third-order valence-electron chi connectivity index (χ3n) is 3.47. The normalized spacial score (nSPS) is 18.7. The van der Waals surface area contributed by atoms with Crippen LogP contribution < -0.4 is 15.8 Å². The van der Waals surface area contributed by atoms with Gasteiger partial charge < -0.3 is 19.5 Å². The van der Waals surface area contributed by atoms with Gasteiger partial charge in [-0.2, -0.15) is 0 Å². The fraction of sp³-hybridized carbons (Fsp3) is 0.692. The van der Waals surface area contributed by atoms with E-state index in [4.69, 9.17) is 4.74 Å². The Bertz CT molecular complexity index is 454. The number of hydrogen-bond donors (Lipinski definition) is 1. The first-order valence-electron chi connectivity index (χ1n) is 6.71. The Hall–Kier alpha value is -1.40. The molecule has 1 saturated heterocycles. The smallest absolute Gasteiger partial charge is 0.293 e. The first kappa shape index (κ1) is 14.0. The molecule has 0 spiro atoms. The van der Waals surface area contributed by atoms with Crippen molar-refractivity contribution in [2.75, 3.05) is 38.3 Å². The molecule has 0 aliphatic carbocycles. The molecule has 106 valence electrons. The van der Waals surface area contributed by atoms with Crippen LogP contribution >= 0.6 is 0 Å². The van der Waals surface area contributed by atoms with Crippen molar-refractivity contribution < 1.29 is 4.74 Å². The zero-order valence-corrected chi connectivity index (χ0v) is 11.6. The molecule has 1 atom stereocenters. The molecule has 19 heavy (non-hydrogen) atoms. The number of rotatable bonds is 6. The van der Waals surface area contributed by atoms with Crippen LogP contribution in [0, 0.1) is 0 Å². The zero-order chi connectivity index (χ0) is 13.7. The predicted octanol–water partition coefficient (Wildman–Crippen LogP) is -0.0149. The number of anilines is 1. The lowest BCUT2D eigenvalue weighted by atomic mass is 10.2. The van der Waals surface area contributed by atoms with E-state index >= 15 is 0 Å². The second-order valence-corrected chi connectivity index (χ2v) is 4.90. The van der Waals surface area contributed by atoms with E-state index in [0.717, 1.165) is 19.5 Å². The lowest BCUT2D eigenvalue weighted by molar-refractivity contribution is 0.204. The Morgan fingerprint density at radius 2 is 2.47 bits per heavy atom. The molecule has 0 amide bonds. The van der Waals surface area contributed by atoms with Crippen LogP contribution in [0.25, 0.3) is 0 Å². The summed E-state index contributed by atoms with van der Waals surface area (Å²) in [6, 6.07) is 0.434. The van der Waals surface area contributed by atoms with Gasteiger partial charge >= 0.3 is 0 Å². The summed E-state index contributed by atoms with van der Waals surface area (Å²) in [5.74, 6) is 0.510. The molecule has 1 aliphatic rings. The highest BCUT2D eigenvalue weighted by Crippen LogP contribution is 2.10. The standard InChI is InChI=1S/C13H22N4O2/c1-16-7-6-15-12(13(16)18)17(8-9-19-2)10-11-4-3-5-14-11/h6-7,11,14H,3-5,8-10H2,1-2H3. The van der Waals surface area contributed by atoms with E-state index in [1.165, 1.54) is 6.42 Å². The molecule has 1 unspecified atom stereocenters. The van der Waals surface area contributed by atoms with E-state index in [0.29, 0.717) is 25.0 Å². The topological polar surface area (TPSA) is 59.4 Å². The van der Waals surface area contributed by atoms with Crippen LogP contribution in [-0.4, -0.2) is 48.9 Å². The summed E-state index contributed by atoms with van der Waals surface area (Å²) in [6.45, 7) is 3.13. The lowest BCUT2D eigenvalue weighted by Gasteiger charge is -2.26. The van der Waals surface area contributed by atoms with Crippen LogP contribution in [-0.2, 0) is 11.8 Å². The van der Waals surface area contributed by atoms with Gasteiger partial charge in [0.15, 0.2) is 5.82 Å². The minimum atomic E-state index is -0.0587. The second kappa shape index (κ2) is 6.68. The molecule has 0 bridgehead atoms. The van der Waals surface area contributed by atoms with Gasteiger partial charge in [0, 0.05) is 45.7 Å². The minimum absolute atomic E-state index is 0.0587. The predicted molar refractivity (Wildman–Crippen MR) is 74.6 cm³/mol. The highest BCUT2D eigenvalue weighted by atomic mass is 16.5. The Morgan fingerprint density at radius 3 is 3.16 bits per heavy atom. The number of nitrogens with one attached hydrogen (secondary N) is 1. The molecule has 1 fully saturated rings. The molecular weight excluding hydrogens is 244 g/mol. The molecule has 2 heterocycles. The number of aryl methyl sites for hydroxylation is 1. The summed E-state index contributed by atoms with van der Waals surface area (Å²) >= 11 is 0. The van der Waals surface area contributed by atoms with Gasteiger partial charge in [-0.3, -0.25) is 4.79 Å². The molecule has 1 N–H and O–H groups in total. The Labute approximate surface area is 113 Å². The SMILES string of the molecule is COCCN(CC1CCCN1)c1nccn(C)c1=O. The molecular formula is C13H22N4O2. The molecule has 6 heteroatoms. The van der Waals surface area contributed by atoms with Crippen LogP contribution in [0.2, 0.25) is 0 Å². The van der Waals surface area contributed by atoms with Crippen molar-refractivity contribution in [3.05, 3.63) is 22.7 Å². The van der Waals surface area contributed by atoms with Crippen molar-refractivity contribution in [1.82, 2.24) is 14.9 Å². The third kappa shape index (κ3) is 3.54. The van der Waals surface area contributed by atoms with E-state index in [1.807, 2.05) is 4.90 Å². The molecule has 2 rings (SSSR count). The van der Waals surface area contributed by atoms with Gasteiger partial charge in [-0.05, 0) is 19.4 Å². The van der Waals surface area contributed by atoms with Gasteiger partial charge in [-0.1, -0.05) is 0 Å². The van der Waals surface area contributed by atoms with Crippen LogP contribution in [0.15, 0.2) is 17.2 Å². The first-order valence-corrected chi connectivity index (χ1v) is 6.71. The van der Waals surface area contributed by atoms with E-state index < -0.39 is 0 Å². The van der Waals surface area contributed by atoms with E-state index in [2.05, 4.69) is 10.3 Å². The monoisotopic (exact) mass is 266 g/mol. The van der Waals surface area contributed by atoms with Gasteiger partial charge in [0.2, 0.25) is 0 Å². The summed E-state index contributed by atoms with van der Waals surface area (Å²) in [6.07, 6.45) is 5.69. The Kier molecular flexibility index (Phi) is 4.93. The fourth-order valence-corrected chi connectivity index (χ4v) is 2.37. The van der Waals surface area contributed by atoms with Crippen LogP contribution in [0.4, 0.5) is 5.82 Å². The van der Waals surface area contributed by atoms with Crippen molar-refractivity contribution in [1.29, 1.82) is 0 Å². The number of methoxy groups -OCH3 is 1. The van der Waals surface area contributed by atoms with Gasteiger partial charge in [-0.25, -0.2) is 4.98 Å². The third-order valence-corrected chi connectivity index (χ3v) is 3.47.